The number of urea groups is 1. The zero-order valence-electron chi connectivity index (χ0n) is 14.1. The zero-order chi connectivity index (χ0) is 17.4. The van der Waals surface area contributed by atoms with Crippen LogP contribution in [0, 0.1) is 13.8 Å². The maximum Gasteiger partial charge on any atom is 0.326 e. The van der Waals surface area contributed by atoms with Crippen LogP contribution >= 0.6 is 0 Å². The molecular weight excluding hydrogens is 296 g/mol. The highest BCUT2D eigenvalue weighted by molar-refractivity contribution is 6.06. The van der Waals surface area contributed by atoms with Crippen molar-refractivity contribution in [2.75, 3.05) is 6.54 Å². The highest BCUT2D eigenvalue weighted by Crippen LogP contribution is 2.27. The summed E-state index contributed by atoms with van der Waals surface area (Å²) in [6.07, 6.45) is 0. The Kier molecular flexibility index (Phi) is 4.45. The largest absolute Gasteiger partial charge is 0.459 e. The van der Waals surface area contributed by atoms with E-state index in [2.05, 4.69) is 5.32 Å². The number of benzene rings is 1. The summed E-state index contributed by atoms with van der Waals surface area (Å²) in [6, 6.07) is 4.34. The lowest BCUT2D eigenvalue weighted by Gasteiger charge is -2.21. The summed E-state index contributed by atoms with van der Waals surface area (Å²) in [5.74, 6) is -1.04. The van der Waals surface area contributed by atoms with E-state index in [-0.39, 0.29) is 6.54 Å². The molecule has 0 radical (unpaired) electrons. The molecule has 0 aromatic heterocycles. The average Bonchev–Trinajstić information content (AvgIpc) is 2.65. The first-order chi connectivity index (χ1) is 10.6. The Labute approximate surface area is 135 Å². The fourth-order valence-corrected chi connectivity index (χ4v) is 2.65. The van der Waals surface area contributed by atoms with E-state index in [1.807, 2.05) is 32.0 Å². The number of carbonyl (C=O) groups is 3. The van der Waals surface area contributed by atoms with Crippen LogP contribution in [0.4, 0.5) is 4.79 Å². The Morgan fingerprint density at radius 3 is 2.30 bits per heavy atom. The fraction of sp³-hybridized carbons (Fsp3) is 0.471. The number of hydrogen-bond donors (Lipinski definition) is 1. The van der Waals surface area contributed by atoms with Crippen molar-refractivity contribution in [3.63, 3.8) is 0 Å². The first-order valence-electron chi connectivity index (χ1n) is 7.50. The van der Waals surface area contributed by atoms with Gasteiger partial charge in [0.15, 0.2) is 0 Å². The van der Waals surface area contributed by atoms with Gasteiger partial charge in [0.05, 0.1) is 0 Å². The zero-order valence-corrected chi connectivity index (χ0v) is 14.1. The van der Waals surface area contributed by atoms with E-state index in [9.17, 15) is 14.4 Å². The molecule has 1 unspecified atom stereocenters. The van der Waals surface area contributed by atoms with E-state index in [4.69, 9.17) is 4.74 Å². The van der Waals surface area contributed by atoms with Crippen molar-refractivity contribution < 1.29 is 19.1 Å². The van der Waals surface area contributed by atoms with E-state index < -0.39 is 29.6 Å². The smallest absolute Gasteiger partial charge is 0.326 e. The number of esters is 1. The molecule has 6 nitrogen and oxygen atoms in total. The molecule has 1 aromatic carbocycles. The minimum atomic E-state index is -0.758. The van der Waals surface area contributed by atoms with Crippen molar-refractivity contribution in [1.82, 2.24) is 10.2 Å². The van der Waals surface area contributed by atoms with Gasteiger partial charge in [-0.1, -0.05) is 18.2 Å². The van der Waals surface area contributed by atoms with Crippen LogP contribution in [-0.2, 0) is 14.3 Å². The normalized spacial score (nSPS) is 18.1. The van der Waals surface area contributed by atoms with Gasteiger partial charge < -0.3 is 10.1 Å². The number of imide groups is 1. The molecule has 124 valence electrons. The number of nitrogens with one attached hydrogen (secondary N) is 1. The molecule has 1 heterocycles. The van der Waals surface area contributed by atoms with E-state index in [0.29, 0.717) is 0 Å². The Morgan fingerprint density at radius 1 is 1.22 bits per heavy atom. The van der Waals surface area contributed by atoms with Crippen LogP contribution in [0.25, 0.3) is 0 Å². The van der Waals surface area contributed by atoms with Gasteiger partial charge in [-0.2, -0.15) is 0 Å². The highest BCUT2D eigenvalue weighted by Gasteiger charge is 2.41. The number of ether oxygens (including phenoxy) is 1. The summed E-state index contributed by atoms with van der Waals surface area (Å²) in [7, 11) is 0. The summed E-state index contributed by atoms with van der Waals surface area (Å²) < 4.78 is 5.17. The van der Waals surface area contributed by atoms with Crippen LogP contribution in [0.5, 0.6) is 0 Å². The molecule has 6 heteroatoms. The molecule has 1 aliphatic heterocycles. The van der Waals surface area contributed by atoms with E-state index in [1.165, 1.54) is 0 Å². The van der Waals surface area contributed by atoms with Gasteiger partial charge in [-0.05, 0) is 51.3 Å². The van der Waals surface area contributed by atoms with Crippen molar-refractivity contribution in [2.24, 2.45) is 0 Å². The summed E-state index contributed by atoms with van der Waals surface area (Å²) >= 11 is 0. The van der Waals surface area contributed by atoms with Gasteiger partial charge in [0.25, 0.3) is 5.91 Å². The van der Waals surface area contributed by atoms with Gasteiger partial charge in [-0.15, -0.1) is 0 Å². The molecule has 1 aliphatic rings. The molecule has 1 fully saturated rings. The van der Waals surface area contributed by atoms with Crippen LogP contribution < -0.4 is 5.32 Å². The third kappa shape index (κ3) is 3.70. The molecule has 1 saturated heterocycles. The van der Waals surface area contributed by atoms with Gasteiger partial charge in [-0.25, -0.2) is 4.79 Å². The topological polar surface area (TPSA) is 75.7 Å². The van der Waals surface area contributed by atoms with Crippen molar-refractivity contribution in [3.05, 3.63) is 34.9 Å². The van der Waals surface area contributed by atoms with Crippen molar-refractivity contribution >= 4 is 17.9 Å². The van der Waals surface area contributed by atoms with Crippen molar-refractivity contribution in [2.45, 2.75) is 46.3 Å². The maximum absolute atomic E-state index is 12.6. The van der Waals surface area contributed by atoms with Gasteiger partial charge in [0.2, 0.25) is 0 Å². The van der Waals surface area contributed by atoms with Crippen LogP contribution in [0.3, 0.4) is 0 Å². The number of rotatable bonds is 3. The van der Waals surface area contributed by atoms with E-state index in [0.717, 1.165) is 21.6 Å². The SMILES string of the molecule is Cc1cccc(C)c1C1NC(=O)N(CC(=O)OC(C)(C)C)C1=O. The minimum absolute atomic E-state index is 0.386. The lowest BCUT2D eigenvalue weighted by atomic mass is 9.96. The average molecular weight is 318 g/mol. The van der Waals surface area contributed by atoms with Gasteiger partial charge in [0.1, 0.15) is 18.2 Å². The van der Waals surface area contributed by atoms with Gasteiger partial charge in [0, 0.05) is 0 Å². The highest BCUT2D eigenvalue weighted by atomic mass is 16.6. The number of amides is 3. The summed E-state index contributed by atoms with van der Waals surface area (Å²) in [4.78, 5) is 37.4. The Balaban J connectivity index is 2.19. The quantitative estimate of drug-likeness (QED) is 0.685. The van der Waals surface area contributed by atoms with Crippen molar-refractivity contribution in [1.29, 1.82) is 0 Å². The molecule has 2 rings (SSSR count). The first-order valence-corrected chi connectivity index (χ1v) is 7.50. The Bertz CT molecular complexity index is 641. The number of hydrogen-bond acceptors (Lipinski definition) is 4. The second-order valence-electron chi connectivity index (χ2n) is 6.70. The number of aryl methyl sites for hydroxylation is 2. The lowest BCUT2D eigenvalue weighted by Crippen LogP contribution is -2.38. The summed E-state index contributed by atoms with van der Waals surface area (Å²) in [5.41, 5.74) is 1.95. The Hall–Kier alpha value is -2.37. The van der Waals surface area contributed by atoms with Crippen LogP contribution in [0.15, 0.2) is 18.2 Å². The summed E-state index contributed by atoms with van der Waals surface area (Å²) in [5, 5.41) is 2.65. The molecule has 0 aliphatic carbocycles. The summed E-state index contributed by atoms with van der Waals surface area (Å²) in [6.45, 7) is 8.59. The Morgan fingerprint density at radius 2 is 1.78 bits per heavy atom. The molecule has 0 saturated carbocycles. The second-order valence-corrected chi connectivity index (χ2v) is 6.70. The maximum atomic E-state index is 12.6. The van der Waals surface area contributed by atoms with Gasteiger partial charge in [-0.3, -0.25) is 14.5 Å². The molecule has 0 bridgehead atoms. The monoisotopic (exact) mass is 318 g/mol. The second kappa shape index (κ2) is 6.02. The predicted molar refractivity (Wildman–Crippen MR) is 84.7 cm³/mol. The number of nitrogens with zero attached hydrogens (tertiary/aromatic N) is 1. The van der Waals surface area contributed by atoms with E-state index >= 15 is 0 Å². The van der Waals surface area contributed by atoms with Crippen molar-refractivity contribution in [3.8, 4) is 0 Å². The standard InChI is InChI=1S/C17H22N2O4/c1-10-7-6-8-11(2)13(10)14-15(21)19(16(22)18-14)9-12(20)23-17(3,4)5/h6-8,14H,9H2,1-5H3,(H,18,22). The third-order valence-electron chi connectivity index (χ3n) is 3.56. The molecule has 3 amide bonds. The molecule has 1 aromatic rings. The minimum Gasteiger partial charge on any atom is -0.459 e. The molecule has 0 spiro atoms. The predicted octanol–water partition coefficient (Wildman–Crippen LogP) is 2.24. The molecular formula is C17H22N2O4. The van der Waals surface area contributed by atoms with E-state index in [1.54, 1.807) is 20.8 Å². The van der Waals surface area contributed by atoms with Crippen LogP contribution in [-0.4, -0.2) is 35.0 Å². The molecule has 1 N–H and O–H groups in total. The van der Waals surface area contributed by atoms with Crippen LogP contribution in [0.2, 0.25) is 0 Å². The van der Waals surface area contributed by atoms with Crippen LogP contribution in [0.1, 0.15) is 43.5 Å². The molecule has 1 atom stereocenters. The third-order valence-corrected chi connectivity index (χ3v) is 3.56. The fourth-order valence-electron chi connectivity index (χ4n) is 2.65. The van der Waals surface area contributed by atoms with Gasteiger partial charge >= 0.3 is 12.0 Å². The lowest BCUT2D eigenvalue weighted by molar-refractivity contribution is -0.157. The number of carbonyl (C=O) groups excluding carboxylic acids is 3. The first kappa shape index (κ1) is 17.0. The molecule has 23 heavy (non-hydrogen) atoms.